The number of H-pyrrole nitrogens is 2. The van der Waals surface area contributed by atoms with Crippen LogP contribution in [0, 0.1) is 13.8 Å². The Morgan fingerprint density at radius 2 is 1.08 bits per heavy atom. The number of hydrogen-bond donors (Lipinski definition) is 3. The fourth-order valence-electron chi connectivity index (χ4n) is 7.13. The summed E-state index contributed by atoms with van der Waals surface area (Å²) in [6.45, 7) is 7.04. The van der Waals surface area contributed by atoms with Crippen molar-refractivity contribution in [2.45, 2.75) is 85.0 Å². The van der Waals surface area contributed by atoms with Gasteiger partial charge in [0.1, 0.15) is 11.0 Å². The standard InChI is InChI=1S/C42H46N4O2/c1-4-5-6-7-8-9-10-11-12-13-24-48-42-34-21-23-36(32-19-15-17-30-28(3)26-44-38(30)32)46-40(34)39-33(41(42)47)20-22-35(45-39)31-18-14-16-29-27(2)25-43-37(29)31/h14-23,25-26,43-44,47H,4-13,24H2,1-3H3. The van der Waals surface area contributed by atoms with Crippen LogP contribution in [-0.4, -0.2) is 31.6 Å². The normalized spacial score (nSPS) is 11.8. The lowest BCUT2D eigenvalue weighted by Crippen LogP contribution is -2.01. The first kappa shape index (κ1) is 31.7. The summed E-state index contributed by atoms with van der Waals surface area (Å²) in [4.78, 5) is 17.3. The Morgan fingerprint density at radius 3 is 1.65 bits per heavy atom. The number of unbranched alkanes of at least 4 members (excludes halogenated alkanes) is 9. The summed E-state index contributed by atoms with van der Waals surface area (Å²) in [6.07, 6.45) is 16.7. The van der Waals surface area contributed by atoms with Crippen molar-refractivity contribution in [2.75, 3.05) is 6.61 Å². The highest BCUT2D eigenvalue weighted by Gasteiger charge is 2.20. The number of phenolic OH excluding ortho intramolecular Hbond substituents is 1. The molecule has 7 aromatic rings. The lowest BCUT2D eigenvalue weighted by atomic mass is 10.0. The molecule has 4 heterocycles. The molecule has 3 N–H and O–H groups in total. The predicted octanol–water partition coefficient (Wildman–Crippen LogP) is 11.7. The highest BCUT2D eigenvalue weighted by molar-refractivity contribution is 6.11. The van der Waals surface area contributed by atoms with Gasteiger partial charge in [0, 0.05) is 45.1 Å². The van der Waals surface area contributed by atoms with Gasteiger partial charge in [-0.05, 0) is 55.7 Å². The highest BCUT2D eigenvalue weighted by atomic mass is 16.5. The van der Waals surface area contributed by atoms with Crippen molar-refractivity contribution >= 4 is 43.6 Å². The van der Waals surface area contributed by atoms with Gasteiger partial charge in [0.05, 0.1) is 29.0 Å². The van der Waals surface area contributed by atoms with Gasteiger partial charge in [-0.15, -0.1) is 0 Å². The maximum atomic E-state index is 11.7. The van der Waals surface area contributed by atoms with Crippen molar-refractivity contribution in [2.24, 2.45) is 0 Å². The third-order valence-electron chi connectivity index (χ3n) is 9.87. The third-order valence-corrected chi connectivity index (χ3v) is 9.87. The van der Waals surface area contributed by atoms with Crippen LogP contribution in [0.1, 0.15) is 82.3 Å². The number of aromatic amines is 2. The van der Waals surface area contributed by atoms with Crippen LogP contribution in [0.5, 0.6) is 11.5 Å². The van der Waals surface area contributed by atoms with E-state index < -0.39 is 0 Å². The second-order valence-electron chi connectivity index (χ2n) is 13.3. The van der Waals surface area contributed by atoms with Crippen molar-refractivity contribution in [1.29, 1.82) is 0 Å². The zero-order chi connectivity index (χ0) is 33.0. The van der Waals surface area contributed by atoms with Crippen LogP contribution in [-0.2, 0) is 0 Å². The number of pyridine rings is 2. The molecule has 0 bridgehead atoms. The van der Waals surface area contributed by atoms with Gasteiger partial charge in [0.15, 0.2) is 11.5 Å². The number of ether oxygens (including phenoxy) is 1. The Bertz CT molecular complexity index is 2210. The Labute approximate surface area is 282 Å². The SMILES string of the molecule is CCCCCCCCCCCCOc1c(O)c2ccc(-c3cccc4c(C)c[nH]c34)nc2c2nc(-c3cccc4c(C)c[nH]c34)ccc12. The van der Waals surface area contributed by atoms with E-state index in [0.717, 1.165) is 57.3 Å². The Morgan fingerprint density at radius 1 is 0.583 bits per heavy atom. The summed E-state index contributed by atoms with van der Waals surface area (Å²) in [7, 11) is 0. The van der Waals surface area contributed by atoms with E-state index in [2.05, 4.69) is 67.1 Å². The molecule has 3 aromatic carbocycles. The number of nitrogens with zero attached hydrogens (tertiary/aromatic N) is 2. The summed E-state index contributed by atoms with van der Waals surface area (Å²) in [6, 6.07) is 20.6. The van der Waals surface area contributed by atoms with Crippen molar-refractivity contribution in [3.05, 3.63) is 84.2 Å². The molecular weight excluding hydrogens is 592 g/mol. The highest BCUT2D eigenvalue weighted by Crippen LogP contribution is 2.44. The fraction of sp³-hybridized carbons (Fsp3) is 0.333. The molecule has 0 saturated heterocycles. The molecule has 6 heteroatoms. The number of aromatic hydroxyl groups is 1. The van der Waals surface area contributed by atoms with Gasteiger partial charge in [-0.1, -0.05) is 101 Å². The number of phenols is 1. The van der Waals surface area contributed by atoms with Gasteiger partial charge in [0.25, 0.3) is 0 Å². The van der Waals surface area contributed by atoms with Crippen LogP contribution < -0.4 is 4.74 Å². The molecule has 0 fully saturated rings. The molecule has 0 aliphatic carbocycles. The third kappa shape index (κ3) is 6.12. The average Bonchev–Trinajstić information content (AvgIpc) is 3.70. The summed E-state index contributed by atoms with van der Waals surface area (Å²) >= 11 is 0. The molecule has 48 heavy (non-hydrogen) atoms. The van der Waals surface area contributed by atoms with E-state index in [1.165, 1.54) is 73.3 Å². The van der Waals surface area contributed by atoms with E-state index in [1.54, 1.807) is 0 Å². The molecule has 0 amide bonds. The van der Waals surface area contributed by atoms with Crippen molar-refractivity contribution in [3.63, 3.8) is 0 Å². The second kappa shape index (κ2) is 14.1. The van der Waals surface area contributed by atoms with Crippen LogP contribution in [0.15, 0.2) is 73.1 Å². The van der Waals surface area contributed by atoms with E-state index in [9.17, 15) is 5.11 Å². The predicted molar refractivity (Wildman–Crippen MR) is 200 cm³/mol. The van der Waals surface area contributed by atoms with E-state index >= 15 is 0 Å². The van der Waals surface area contributed by atoms with Crippen molar-refractivity contribution < 1.29 is 9.84 Å². The number of aromatic nitrogens is 4. The molecule has 0 aliphatic rings. The smallest absolute Gasteiger partial charge is 0.171 e. The van der Waals surface area contributed by atoms with Crippen molar-refractivity contribution in [1.82, 2.24) is 19.9 Å². The first-order valence-electron chi connectivity index (χ1n) is 17.8. The summed E-state index contributed by atoms with van der Waals surface area (Å²) in [5, 5.41) is 15.4. The number of para-hydroxylation sites is 2. The largest absolute Gasteiger partial charge is 0.504 e. The molecular formula is C42H46N4O2. The van der Waals surface area contributed by atoms with Gasteiger partial charge >= 0.3 is 0 Å². The van der Waals surface area contributed by atoms with Gasteiger partial charge in [-0.3, -0.25) is 0 Å². The van der Waals surface area contributed by atoms with Gasteiger partial charge in [-0.2, -0.15) is 0 Å². The zero-order valence-electron chi connectivity index (χ0n) is 28.5. The summed E-state index contributed by atoms with van der Waals surface area (Å²) in [5.41, 5.74) is 9.59. The molecule has 6 nitrogen and oxygen atoms in total. The molecule has 0 aliphatic heterocycles. The monoisotopic (exact) mass is 638 g/mol. The van der Waals surface area contributed by atoms with E-state index in [4.69, 9.17) is 14.7 Å². The molecule has 0 saturated carbocycles. The lowest BCUT2D eigenvalue weighted by Gasteiger charge is -2.16. The number of hydrogen-bond acceptors (Lipinski definition) is 4. The van der Waals surface area contributed by atoms with Gasteiger partial charge < -0.3 is 19.8 Å². The average molecular weight is 639 g/mol. The maximum absolute atomic E-state index is 11.7. The molecule has 4 aromatic heterocycles. The molecule has 0 unspecified atom stereocenters. The van der Waals surface area contributed by atoms with Crippen LogP contribution >= 0.6 is 0 Å². The number of nitrogens with one attached hydrogen (secondary N) is 2. The molecule has 0 atom stereocenters. The minimum absolute atomic E-state index is 0.120. The number of aryl methyl sites for hydroxylation is 2. The summed E-state index contributed by atoms with van der Waals surface area (Å²) < 4.78 is 6.40. The van der Waals surface area contributed by atoms with Crippen molar-refractivity contribution in [3.8, 4) is 34.0 Å². The number of benzene rings is 3. The minimum Gasteiger partial charge on any atom is -0.504 e. The molecule has 0 spiro atoms. The fourth-order valence-corrected chi connectivity index (χ4v) is 7.13. The van der Waals surface area contributed by atoms with E-state index in [0.29, 0.717) is 23.3 Å². The number of rotatable bonds is 14. The topological polar surface area (TPSA) is 86.8 Å². The first-order chi connectivity index (χ1) is 23.5. The number of fused-ring (bicyclic) bond motifs is 5. The zero-order valence-corrected chi connectivity index (χ0v) is 28.5. The molecule has 246 valence electrons. The van der Waals surface area contributed by atoms with E-state index in [1.807, 2.05) is 36.7 Å². The Balaban J connectivity index is 1.24. The summed E-state index contributed by atoms with van der Waals surface area (Å²) in [5.74, 6) is 0.604. The van der Waals surface area contributed by atoms with Crippen LogP contribution in [0.3, 0.4) is 0 Å². The quantitative estimate of drug-likeness (QED) is 0.0817. The van der Waals surface area contributed by atoms with Gasteiger partial charge in [0.2, 0.25) is 0 Å². The second-order valence-corrected chi connectivity index (χ2v) is 13.3. The Kier molecular flexibility index (Phi) is 9.33. The van der Waals surface area contributed by atoms with Crippen LogP contribution in [0.4, 0.5) is 0 Å². The lowest BCUT2D eigenvalue weighted by molar-refractivity contribution is 0.293. The Hall–Kier alpha value is -4.84. The van der Waals surface area contributed by atoms with Crippen LogP contribution in [0.2, 0.25) is 0 Å². The van der Waals surface area contributed by atoms with Gasteiger partial charge in [-0.25, -0.2) is 9.97 Å². The minimum atomic E-state index is 0.120. The molecule has 0 radical (unpaired) electrons. The maximum Gasteiger partial charge on any atom is 0.171 e. The first-order valence-corrected chi connectivity index (χ1v) is 17.8. The van der Waals surface area contributed by atoms with E-state index in [-0.39, 0.29) is 5.75 Å². The molecule has 7 rings (SSSR count). The van der Waals surface area contributed by atoms with Crippen LogP contribution in [0.25, 0.3) is 66.1 Å².